The predicted octanol–water partition coefficient (Wildman–Crippen LogP) is 2.05. The van der Waals surface area contributed by atoms with Crippen molar-refractivity contribution in [3.8, 4) is 0 Å². The molecule has 1 aromatic rings. The van der Waals surface area contributed by atoms with E-state index in [1.807, 2.05) is 0 Å². The fourth-order valence-electron chi connectivity index (χ4n) is 1.38. The first-order valence-electron chi connectivity index (χ1n) is 4.80. The smallest absolute Gasteiger partial charge is 0.338 e. The number of hydrogen-bond acceptors (Lipinski definition) is 5. The van der Waals surface area contributed by atoms with Crippen molar-refractivity contribution in [2.45, 2.75) is 6.10 Å². The highest BCUT2D eigenvalue weighted by Crippen LogP contribution is 2.26. The van der Waals surface area contributed by atoms with E-state index in [2.05, 4.69) is 15.9 Å². The van der Waals surface area contributed by atoms with Crippen LogP contribution in [-0.2, 0) is 13.6 Å². The Bertz CT molecular complexity index is 524. The van der Waals surface area contributed by atoms with Crippen molar-refractivity contribution >= 4 is 41.6 Å². The van der Waals surface area contributed by atoms with Crippen LogP contribution in [0.1, 0.15) is 10.4 Å². The van der Waals surface area contributed by atoms with Crippen LogP contribution in [0.25, 0.3) is 0 Å². The molecular formula is C10H9BrO4S2. The molecule has 92 valence electrons. The van der Waals surface area contributed by atoms with Gasteiger partial charge in [-0.1, -0.05) is 15.9 Å². The van der Waals surface area contributed by atoms with Gasteiger partial charge in [-0.05, 0) is 35.1 Å². The molecule has 1 aromatic carbocycles. The van der Waals surface area contributed by atoms with Crippen LogP contribution >= 0.6 is 26.7 Å². The number of carbonyl (C=O) groups excluding carboxylic acids is 1. The van der Waals surface area contributed by atoms with Gasteiger partial charge < -0.3 is 4.74 Å². The Kier molecular flexibility index (Phi) is 3.79. The van der Waals surface area contributed by atoms with Crippen molar-refractivity contribution in [1.82, 2.24) is 0 Å². The highest BCUT2D eigenvalue weighted by Gasteiger charge is 2.31. The second kappa shape index (κ2) is 4.99. The van der Waals surface area contributed by atoms with Gasteiger partial charge >= 0.3 is 5.97 Å². The predicted molar refractivity (Wildman–Crippen MR) is 69.6 cm³/mol. The van der Waals surface area contributed by atoms with E-state index in [4.69, 9.17) is 4.74 Å². The minimum Gasteiger partial charge on any atom is -0.457 e. The number of ether oxygens (including phenoxy) is 1. The molecule has 0 bridgehead atoms. The van der Waals surface area contributed by atoms with Gasteiger partial charge in [-0.2, -0.15) is 0 Å². The van der Waals surface area contributed by atoms with Gasteiger partial charge in [-0.3, -0.25) is 0 Å². The topological polar surface area (TPSA) is 60.4 Å². The molecule has 1 heterocycles. The van der Waals surface area contributed by atoms with Crippen LogP contribution in [0.15, 0.2) is 28.7 Å². The number of hydrogen-bond donors (Lipinski definition) is 0. The molecule has 1 atom stereocenters. The van der Waals surface area contributed by atoms with Crippen molar-refractivity contribution in [2.24, 2.45) is 0 Å². The molecule has 1 saturated heterocycles. The Morgan fingerprint density at radius 3 is 2.53 bits per heavy atom. The quantitative estimate of drug-likeness (QED) is 0.611. The van der Waals surface area contributed by atoms with E-state index in [0.717, 1.165) is 15.3 Å². The third kappa shape index (κ3) is 3.46. The minimum atomic E-state index is -3.10. The first kappa shape index (κ1) is 12.9. The Balaban J connectivity index is 2.01. The molecule has 0 spiro atoms. The van der Waals surface area contributed by atoms with Crippen LogP contribution < -0.4 is 0 Å². The summed E-state index contributed by atoms with van der Waals surface area (Å²) in [5.41, 5.74) is 0.419. The van der Waals surface area contributed by atoms with Crippen LogP contribution in [0, 0.1) is 0 Å². The number of carbonyl (C=O) groups is 1. The zero-order valence-corrected chi connectivity index (χ0v) is 11.8. The SMILES string of the molecule is O=C(OC1CSS(=O)(=O)C1)c1ccc(Br)cc1. The summed E-state index contributed by atoms with van der Waals surface area (Å²) in [6.07, 6.45) is -0.541. The van der Waals surface area contributed by atoms with Crippen molar-refractivity contribution in [3.05, 3.63) is 34.3 Å². The molecule has 1 unspecified atom stereocenters. The maximum Gasteiger partial charge on any atom is 0.338 e. The van der Waals surface area contributed by atoms with Gasteiger partial charge in [0.05, 0.1) is 11.3 Å². The lowest BCUT2D eigenvalue weighted by molar-refractivity contribution is 0.0396. The Hall–Kier alpha value is -0.530. The number of esters is 1. The van der Waals surface area contributed by atoms with Crippen LogP contribution in [0.5, 0.6) is 0 Å². The standard InChI is InChI=1S/C10H9BrO4S2/c11-8-3-1-7(2-4-8)10(12)15-9-5-16-17(13,14)6-9/h1-4,9H,5-6H2. The normalized spacial score (nSPS) is 22.3. The lowest BCUT2D eigenvalue weighted by Crippen LogP contribution is -2.21. The first-order valence-corrected chi connectivity index (χ1v) is 8.75. The third-order valence-corrected chi connectivity index (χ3v) is 6.25. The molecular weight excluding hydrogens is 328 g/mol. The Labute approximate surface area is 111 Å². The van der Waals surface area contributed by atoms with Gasteiger partial charge in [0.1, 0.15) is 6.10 Å². The second-order valence-electron chi connectivity index (χ2n) is 3.54. The highest BCUT2D eigenvalue weighted by molar-refractivity contribution is 9.10. The van der Waals surface area contributed by atoms with Crippen LogP contribution in [0.4, 0.5) is 0 Å². The zero-order chi connectivity index (χ0) is 12.5. The van der Waals surface area contributed by atoms with E-state index in [9.17, 15) is 13.2 Å². The summed E-state index contributed by atoms with van der Waals surface area (Å²) in [7, 11) is -2.26. The Morgan fingerprint density at radius 2 is 2.00 bits per heavy atom. The average molecular weight is 337 g/mol. The van der Waals surface area contributed by atoms with Gasteiger partial charge in [0.15, 0.2) is 0 Å². The summed E-state index contributed by atoms with van der Waals surface area (Å²) in [6, 6.07) is 6.72. The van der Waals surface area contributed by atoms with Crippen molar-refractivity contribution in [3.63, 3.8) is 0 Å². The molecule has 0 aliphatic carbocycles. The van der Waals surface area contributed by atoms with Gasteiger partial charge in [-0.15, -0.1) is 0 Å². The van der Waals surface area contributed by atoms with Gasteiger partial charge in [0.2, 0.25) is 8.87 Å². The van der Waals surface area contributed by atoms with Crippen LogP contribution in [-0.4, -0.2) is 32.0 Å². The molecule has 4 nitrogen and oxygen atoms in total. The maximum absolute atomic E-state index is 11.7. The van der Waals surface area contributed by atoms with Crippen LogP contribution in [0.2, 0.25) is 0 Å². The summed E-state index contributed by atoms with van der Waals surface area (Å²) in [5.74, 6) is -0.273. The molecule has 2 rings (SSSR count). The molecule has 0 N–H and O–H groups in total. The lowest BCUT2D eigenvalue weighted by Gasteiger charge is -2.09. The summed E-state index contributed by atoms with van der Waals surface area (Å²) in [4.78, 5) is 11.7. The van der Waals surface area contributed by atoms with Crippen LogP contribution in [0.3, 0.4) is 0 Å². The molecule has 7 heteroatoms. The maximum atomic E-state index is 11.7. The number of benzene rings is 1. The van der Waals surface area contributed by atoms with Crippen molar-refractivity contribution in [1.29, 1.82) is 0 Å². The summed E-state index contributed by atoms with van der Waals surface area (Å²) in [6.45, 7) is 0. The van der Waals surface area contributed by atoms with Crippen molar-refractivity contribution in [2.75, 3.05) is 11.5 Å². The third-order valence-electron chi connectivity index (χ3n) is 2.18. The lowest BCUT2D eigenvalue weighted by atomic mass is 10.2. The number of halogens is 1. The largest absolute Gasteiger partial charge is 0.457 e. The monoisotopic (exact) mass is 336 g/mol. The molecule has 1 fully saturated rings. The molecule has 1 aliphatic rings. The number of rotatable bonds is 2. The molecule has 17 heavy (non-hydrogen) atoms. The molecule has 0 amide bonds. The first-order chi connectivity index (χ1) is 7.96. The highest BCUT2D eigenvalue weighted by atomic mass is 79.9. The van der Waals surface area contributed by atoms with E-state index in [-0.39, 0.29) is 5.75 Å². The molecule has 0 saturated carbocycles. The van der Waals surface area contributed by atoms with E-state index >= 15 is 0 Å². The fourth-order valence-corrected chi connectivity index (χ4v) is 4.89. The van der Waals surface area contributed by atoms with E-state index in [1.54, 1.807) is 24.3 Å². The van der Waals surface area contributed by atoms with Crippen molar-refractivity contribution < 1.29 is 17.9 Å². The van der Waals surface area contributed by atoms with Gasteiger partial charge in [0.25, 0.3) is 0 Å². The summed E-state index contributed by atoms with van der Waals surface area (Å²) >= 11 is 3.26. The summed E-state index contributed by atoms with van der Waals surface area (Å²) in [5, 5.41) is 0. The average Bonchev–Trinajstić information content (AvgIpc) is 2.59. The van der Waals surface area contributed by atoms with Gasteiger partial charge in [-0.25, -0.2) is 13.2 Å². The van der Waals surface area contributed by atoms with E-state index in [1.165, 1.54) is 0 Å². The van der Waals surface area contributed by atoms with Gasteiger partial charge in [0, 0.05) is 10.2 Å². The molecule has 0 aromatic heterocycles. The Morgan fingerprint density at radius 1 is 1.35 bits per heavy atom. The second-order valence-corrected chi connectivity index (χ2v) is 8.71. The minimum absolute atomic E-state index is 0.0973. The molecule has 1 aliphatic heterocycles. The molecule has 0 radical (unpaired) electrons. The zero-order valence-electron chi connectivity index (χ0n) is 8.63. The van der Waals surface area contributed by atoms with E-state index < -0.39 is 20.9 Å². The fraction of sp³-hybridized carbons (Fsp3) is 0.300. The summed E-state index contributed by atoms with van der Waals surface area (Å²) < 4.78 is 28.3. The van der Waals surface area contributed by atoms with E-state index in [0.29, 0.717) is 11.3 Å².